The first-order chi connectivity index (χ1) is 10.7. The molecular weight excluding hydrogens is 282 g/mol. The number of carbonyl (C=O) groups excluding carboxylic acids is 2. The van der Waals surface area contributed by atoms with Gasteiger partial charge in [0.25, 0.3) is 0 Å². The van der Waals surface area contributed by atoms with Gasteiger partial charge in [-0.05, 0) is 31.8 Å². The van der Waals surface area contributed by atoms with Crippen LogP contribution in [0, 0.1) is 11.8 Å². The smallest absolute Gasteiger partial charge is 0.227 e. The van der Waals surface area contributed by atoms with Crippen LogP contribution in [0.25, 0.3) is 0 Å². The summed E-state index contributed by atoms with van der Waals surface area (Å²) in [5.74, 6) is 0.759. The number of nitrogens with zero attached hydrogens (tertiary/aromatic N) is 2. The molecular formula is C16H29N3O3. The van der Waals surface area contributed by atoms with Crippen LogP contribution in [0.5, 0.6) is 0 Å². The predicted octanol–water partition coefficient (Wildman–Crippen LogP) is 0.329. The highest BCUT2D eigenvalue weighted by Crippen LogP contribution is 2.23. The first-order valence-corrected chi connectivity index (χ1v) is 8.41. The lowest BCUT2D eigenvalue weighted by molar-refractivity contribution is -0.137. The van der Waals surface area contributed by atoms with E-state index in [0.29, 0.717) is 32.0 Å². The van der Waals surface area contributed by atoms with Crippen LogP contribution < -0.4 is 5.32 Å². The lowest BCUT2D eigenvalue weighted by atomic mass is 9.95. The fourth-order valence-electron chi connectivity index (χ4n) is 3.32. The molecule has 2 saturated heterocycles. The third-order valence-electron chi connectivity index (χ3n) is 4.74. The van der Waals surface area contributed by atoms with Gasteiger partial charge >= 0.3 is 0 Å². The van der Waals surface area contributed by atoms with Crippen LogP contribution in [0.4, 0.5) is 0 Å². The van der Waals surface area contributed by atoms with Gasteiger partial charge in [0.2, 0.25) is 11.8 Å². The van der Waals surface area contributed by atoms with E-state index >= 15 is 0 Å². The van der Waals surface area contributed by atoms with Crippen molar-refractivity contribution < 1.29 is 14.3 Å². The second-order valence-corrected chi connectivity index (χ2v) is 6.31. The molecule has 0 saturated carbocycles. The second kappa shape index (κ2) is 8.48. The lowest BCUT2D eigenvalue weighted by Crippen LogP contribution is -2.44. The maximum atomic E-state index is 12.6. The Bertz CT molecular complexity index is 381. The van der Waals surface area contributed by atoms with Crippen molar-refractivity contribution in [2.75, 3.05) is 53.0 Å². The molecule has 0 aliphatic carbocycles. The molecule has 126 valence electrons. The molecule has 2 rings (SSSR count). The number of nitrogens with one attached hydrogen (secondary N) is 1. The van der Waals surface area contributed by atoms with E-state index in [2.05, 4.69) is 12.2 Å². The maximum Gasteiger partial charge on any atom is 0.227 e. The van der Waals surface area contributed by atoms with Crippen LogP contribution in [0.3, 0.4) is 0 Å². The number of piperidine rings is 1. The van der Waals surface area contributed by atoms with Gasteiger partial charge in [-0.1, -0.05) is 6.92 Å². The first kappa shape index (κ1) is 17.2. The standard InChI is InChI=1S/C16H29N3O3/c1-3-17-11-13-4-6-18(7-5-13)16(21)14-10-15(20)19(12-14)8-9-22-2/h13-14,17H,3-12H2,1-2H3. The number of hydrogen-bond donors (Lipinski definition) is 1. The minimum atomic E-state index is -0.158. The molecule has 2 heterocycles. The van der Waals surface area contributed by atoms with Gasteiger partial charge in [0.1, 0.15) is 0 Å². The molecule has 0 aromatic rings. The van der Waals surface area contributed by atoms with Crippen molar-refractivity contribution in [2.45, 2.75) is 26.2 Å². The number of hydrogen-bond acceptors (Lipinski definition) is 4. The quantitative estimate of drug-likeness (QED) is 0.736. The summed E-state index contributed by atoms with van der Waals surface area (Å²) in [7, 11) is 1.63. The monoisotopic (exact) mass is 311 g/mol. The van der Waals surface area contributed by atoms with E-state index < -0.39 is 0 Å². The Morgan fingerprint density at radius 3 is 2.73 bits per heavy atom. The molecule has 1 N–H and O–H groups in total. The second-order valence-electron chi connectivity index (χ2n) is 6.31. The summed E-state index contributed by atoms with van der Waals surface area (Å²) in [6.45, 7) is 7.50. The summed E-state index contributed by atoms with van der Waals surface area (Å²) in [6.07, 6.45) is 2.49. The Hall–Kier alpha value is -1.14. The van der Waals surface area contributed by atoms with Crippen molar-refractivity contribution >= 4 is 11.8 Å². The van der Waals surface area contributed by atoms with E-state index in [1.165, 1.54) is 0 Å². The molecule has 2 amide bonds. The fourth-order valence-corrected chi connectivity index (χ4v) is 3.32. The van der Waals surface area contributed by atoms with Crippen molar-refractivity contribution in [1.82, 2.24) is 15.1 Å². The first-order valence-electron chi connectivity index (χ1n) is 8.41. The van der Waals surface area contributed by atoms with Crippen molar-refractivity contribution in [3.05, 3.63) is 0 Å². The molecule has 1 unspecified atom stereocenters. The highest BCUT2D eigenvalue weighted by molar-refractivity contribution is 5.89. The van der Waals surface area contributed by atoms with E-state index in [4.69, 9.17) is 4.74 Å². The largest absolute Gasteiger partial charge is 0.383 e. The molecule has 22 heavy (non-hydrogen) atoms. The van der Waals surface area contributed by atoms with Crippen LogP contribution in [0.15, 0.2) is 0 Å². The third kappa shape index (κ3) is 4.43. The average Bonchev–Trinajstić information content (AvgIpc) is 2.91. The molecule has 6 nitrogen and oxygen atoms in total. The van der Waals surface area contributed by atoms with Crippen LogP contribution >= 0.6 is 0 Å². The summed E-state index contributed by atoms with van der Waals surface area (Å²) in [4.78, 5) is 28.2. The van der Waals surface area contributed by atoms with E-state index in [-0.39, 0.29) is 17.7 Å². The van der Waals surface area contributed by atoms with E-state index in [1.807, 2.05) is 4.90 Å². The van der Waals surface area contributed by atoms with E-state index in [9.17, 15) is 9.59 Å². The highest BCUT2D eigenvalue weighted by Gasteiger charge is 2.37. The molecule has 1 atom stereocenters. The number of ether oxygens (including phenoxy) is 1. The highest BCUT2D eigenvalue weighted by atomic mass is 16.5. The van der Waals surface area contributed by atoms with Gasteiger partial charge in [0, 0.05) is 39.7 Å². The van der Waals surface area contributed by atoms with Gasteiger partial charge in [-0.2, -0.15) is 0 Å². The molecule has 2 aliphatic rings. The number of methoxy groups -OCH3 is 1. The average molecular weight is 311 g/mol. The lowest BCUT2D eigenvalue weighted by Gasteiger charge is -2.33. The maximum absolute atomic E-state index is 12.6. The zero-order valence-corrected chi connectivity index (χ0v) is 13.8. The molecule has 2 fully saturated rings. The van der Waals surface area contributed by atoms with Gasteiger partial charge in [0.15, 0.2) is 0 Å². The molecule has 0 aromatic heterocycles. The minimum Gasteiger partial charge on any atom is -0.383 e. The summed E-state index contributed by atoms with van der Waals surface area (Å²) in [6, 6.07) is 0. The molecule has 0 aromatic carbocycles. The number of likely N-dealkylation sites (tertiary alicyclic amines) is 2. The number of amides is 2. The zero-order valence-electron chi connectivity index (χ0n) is 13.8. The Kier molecular flexibility index (Phi) is 6.64. The molecule has 2 aliphatic heterocycles. The van der Waals surface area contributed by atoms with Gasteiger partial charge in [0.05, 0.1) is 12.5 Å². The Morgan fingerprint density at radius 1 is 1.36 bits per heavy atom. The van der Waals surface area contributed by atoms with Crippen LogP contribution in [-0.2, 0) is 14.3 Å². The Morgan fingerprint density at radius 2 is 2.09 bits per heavy atom. The van der Waals surface area contributed by atoms with Crippen LogP contribution in [-0.4, -0.2) is 74.6 Å². The molecule has 0 spiro atoms. The molecule has 0 radical (unpaired) electrons. The third-order valence-corrected chi connectivity index (χ3v) is 4.74. The normalized spacial score (nSPS) is 23.4. The summed E-state index contributed by atoms with van der Waals surface area (Å²) in [5, 5.41) is 3.38. The van der Waals surface area contributed by atoms with Crippen LogP contribution in [0.2, 0.25) is 0 Å². The van der Waals surface area contributed by atoms with Crippen LogP contribution in [0.1, 0.15) is 26.2 Å². The fraction of sp³-hybridized carbons (Fsp3) is 0.875. The number of rotatable bonds is 7. The van der Waals surface area contributed by atoms with Crippen molar-refractivity contribution in [3.63, 3.8) is 0 Å². The van der Waals surface area contributed by atoms with Gasteiger partial charge < -0.3 is 19.9 Å². The van der Waals surface area contributed by atoms with Crippen molar-refractivity contribution in [3.8, 4) is 0 Å². The van der Waals surface area contributed by atoms with Gasteiger partial charge in [-0.3, -0.25) is 9.59 Å². The molecule has 6 heteroatoms. The van der Waals surface area contributed by atoms with Crippen molar-refractivity contribution in [2.24, 2.45) is 11.8 Å². The van der Waals surface area contributed by atoms with E-state index in [1.54, 1.807) is 12.0 Å². The Balaban J connectivity index is 1.77. The summed E-state index contributed by atoms with van der Waals surface area (Å²) in [5.41, 5.74) is 0. The van der Waals surface area contributed by atoms with Gasteiger partial charge in [-0.25, -0.2) is 0 Å². The SMILES string of the molecule is CCNCC1CCN(C(=O)C2CC(=O)N(CCOC)C2)CC1. The topological polar surface area (TPSA) is 61.9 Å². The Labute approximate surface area is 133 Å². The van der Waals surface area contributed by atoms with Gasteiger partial charge in [-0.15, -0.1) is 0 Å². The number of carbonyl (C=O) groups is 2. The molecule has 0 bridgehead atoms. The van der Waals surface area contributed by atoms with Crippen molar-refractivity contribution in [1.29, 1.82) is 0 Å². The van der Waals surface area contributed by atoms with E-state index in [0.717, 1.165) is 39.0 Å². The summed E-state index contributed by atoms with van der Waals surface area (Å²) >= 11 is 0. The minimum absolute atomic E-state index is 0.0810. The summed E-state index contributed by atoms with van der Waals surface area (Å²) < 4.78 is 5.01. The predicted molar refractivity (Wildman–Crippen MR) is 84.4 cm³/mol. The zero-order chi connectivity index (χ0) is 15.9.